The predicted octanol–water partition coefficient (Wildman–Crippen LogP) is 1.43. The number of rotatable bonds is 7. The van der Waals surface area contributed by atoms with E-state index >= 15 is 0 Å². The van der Waals surface area contributed by atoms with Crippen LogP contribution in [0.5, 0.6) is 0 Å². The number of primary sulfonamides is 1. The van der Waals surface area contributed by atoms with E-state index in [0.717, 1.165) is 17.7 Å². The SMILES string of the molecule is CN=C(NCCc1ccc(-n2cccn2)cc1)NCc1cccc(S(N)(=O)=O)c1. The van der Waals surface area contributed by atoms with Gasteiger partial charge in [0.15, 0.2) is 5.96 Å². The topological polar surface area (TPSA) is 114 Å². The van der Waals surface area contributed by atoms with E-state index in [9.17, 15) is 8.42 Å². The van der Waals surface area contributed by atoms with Gasteiger partial charge in [-0.3, -0.25) is 4.99 Å². The maximum atomic E-state index is 11.5. The van der Waals surface area contributed by atoms with Crippen LogP contribution in [-0.4, -0.2) is 37.8 Å². The third kappa shape index (κ3) is 5.90. The van der Waals surface area contributed by atoms with Gasteiger partial charge in [0.25, 0.3) is 0 Å². The Hall–Kier alpha value is -3.17. The molecule has 0 atom stereocenters. The summed E-state index contributed by atoms with van der Waals surface area (Å²) >= 11 is 0. The van der Waals surface area contributed by atoms with Crippen LogP contribution in [0.4, 0.5) is 0 Å². The van der Waals surface area contributed by atoms with Crippen LogP contribution in [0.25, 0.3) is 5.69 Å². The Kier molecular flexibility index (Phi) is 6.63. The molecule has 0 saturated heterocycles. The van der Waals surface area contributed by atoms with E-state index in [0.29, 0.717) is 19.0 Å². The number of aromatic nitrogens is 2. The number of nitrogens with zero attached hydrogens (tertiary/aromatic N) is 3. The lowest BCUT2D eigenvalue weighted by Gasteiger charge is -2.12. The highest BCUT2D eigenvalue weighted by atomic mass is 32.2. The highest BCUT2D eigenvalue weighted by Gasteiger charge is 2.08. The Labute approximate surface area is 170 Å². The average molecular weight is 413 g/mol. The van der Waals surface area contributed by atoms with Crippen LogP contribution in [0.1, 0.15) is 11.1 Å². The molecule has 0 unspecified atom stereocenters. The minimum atomic E-state index is -3.71. The molecular formula is C20H24N6O2S. The van der Waals surface area contributed by atoms with Crippen molar-refractivity contribution in [2.24, 2.45) is 10.1 Å². The Morgan fingerprint density at radius 3 is 2.55 bits per heavy atom. The molecule has 3 rings (SSSR count). The molecule has 1 aromatic heterocycles. The maximum Gasteiger partial charge on any atom is 0.238 e. The quantitative estimate of drug-likeness (QED) is 0.401. The normalized spacial score (nSPS) is 12.0. The van der Waals surface area contributed by atoms with Gasteiger partial charge in [0.2, 0.25) is 10.0 Å². The smallest absolute Gasteiger partial charge is 0.238 e. The molecule has 2 aromatic carbocycles. The van der Waals surface area contributed by atoms with Crippen molar-refractivity contribution in [2.45, 2.75) is 17.9 Å². The monoisotopic (exact) mass is 412 g/mol. The van der Waals surface area contributed by atoms with Gasteiger partial charge < -0.3 is 10.6 Å². The number of guanidine groups is 1. The molecule has 9 heteroatoms. The molecule has 3 aromatic rings. The molecule has 0 fully saturated rings. The van der Waals surface area contributed by atoms with E-state index < -0.39 is 10.0 Å². The Morgan fingerprint density at radius 2 is 1.90 bits per heavy atom. The van der Waals surface area contributed by atoms with Crippen molar-refractivity contribution in [1.82, 2.24) is 20.4 Å². The molecule has 0 saturated carbocycles. The Balaban J connectivity index is 1.48. The third-order valence-corrected chi connectivity index (χ3v) is 5.23. The molecule has 0 radical (unpaired) electrons. The van der Waals surface area contributed by atoms with Gasteiger partial charge in [-0.05, 0) is 47.9 Å². The summed E-state index contributed by atoms with van der Waals surface area (Å²) in [6, 6.07) is 16.6. The zero-order valence-corrected chi connectivity index (χ0v) is 16.9. The standard InChI is InChI=1S/C20H24N6O2S/c1-22-20(24-15-17-4-2-5-19(14-17)29(21,27)28)23-12-10-16-6-8-18(9-7-16)26-13-3-11-25-26/h2-9,11,13-14H,10,12,15H2,1H3,(H2,21,27,28)(H2,22,23,24). The number of benzene rings is 2. The van der Waals surface area contributed by atoms with Gasteiger partial charge >= 0.3 is 0 Å². The first-order chi connectivity index (χ1) is 14.0. The highest BCUT2D eigenvalue weighted by molar-refractivity contribution is 7.89. The van der Waals surface area contributed by atoms with Crippen molar-refractivity contribution >= 4 is 16.0 Å². The molecule has 0 spiro atoms. The fourth-order valence-corrected chi connectivity index (χ4v) is 3.38. The number of hydrogen-bond donors (Lipinski definition) is 3. The largest absolute Gasteiger partial charge is 0.356 e. The summed E-state index contributed by atoms with van der Waals surface area (Å²) in [5, 5.41) is 15.8. The molecule has 0 aliphatic carbocycles. The van der Waals surface area contributed by atoms with E-state index in [4.69, 9.17) is 5.14 Å². The van der Waals surface area contributed by atoms with Crippen LogP contribution < -0.4 is 15.8 Å². The van der Waals surface area contributed by atoms with Crippen LogP contribution in [0.3, 0.4) is 0 Å². The van der Waals surface area contributed by atoms with Gasteiger partial charge in [-0.2, -0.15) is 5.10 Å². The predicted molar refractivity (Wildman–Crippen MR) is 113 cm³/mol. The van der Waals surface area contributed by atoms with Gasteiger partial charge in [0.1, 0.15) is 0 Å². The summed E-state index contributed by atoms with van der Waals surface area (Å²) in [6.07, 6.45) is 4.49. The van der Waals surface area contributed by atoms with Crippen molar-refractivity contribution in [3.05, 3.63) is 78.1 Å². The molecule has 0 aliphatic heterocycles. The Bertz CT molecular complexity index is 1060. The molecular weight excluding hydrogens is 388 g/mol. The summed E-state index contributed by atoms with van der Waals surface area (Å²) in [4.78, 5) is 4.29. The number of hydrogen-bond acceptors (Lipinski definition) is 4. The van der Waals surface area contributed by atoms with Crippen molar-refractivity contribution in [1.29, 1.82) is 0 Å². The van der Waals surface area contributed by atoms with Crippen molar-refractivity contribution in [2.75, 3.05) is 13.6 Å². The van der Waals surface area contributed by atoms with E-state index in [1.165, 1.54) is 11.6 Å². The number of nitrogens with one attached hydrogen (secondary N) is 2. The summed E-state index contributed by atoms with van der Waals surface area (Å²) in [5.74, 6) is 0.638. The van der Waals surface area contributed by atoms with Gasteiger partial charge in [0.05, 0.1) is 10.6 Å². The van der Waals surface area contributed by atoms with Crippen LogP contribution in [0.15, 0.2) is 76.9 Å². The Morgan fingerprint density at radius 1 is 1.10 bits per heavy atom. The van der Waals surface area contributed by atoms with E-state index in [-0.39, 0.29) is 4.90 Å². The molecule has 29 heavy (non-hydrogen) atoms. The van der Waals surface area contributed by atoms with Crippen LogP contribution in [-0.2, 0) is 23.0 Å². The van der Waals surface area contributed by atoms with Gasteiger partial charge in [-0.25, -0.2) is 18.2 Å². The summed E-state index contributed by atoms with van der Waals surface area (Å²) in [5.41, 5.74) is 3.02. The molecule has 8 nitrogen and oxygen atoms in total. The molecule has 1 heterocycles. The van der Waals surface area contributed by atoms with Gasteiger partial charge in [-0.15, -0.1) is 0 Å². The lowest BCUT2D eigenvalue weighted by molar-refractivity contribution is 0.597. The molecule has 0 aliphatic rings. The third-order valence-electron chi connectivity index (χ3n) is 4.32. The first kappa shape index (κ1) is 20.6. The molecule has 0 bridgehead atoms. The summed E-state index contributed by atoms with van der Waals surface area (Å²) < 4.78 is 24.7. The highest BCUT2D eigenvalue weighted by Crippen LogP contribution is 2.10. The van der Waals surface area contributed by atoms with Crippen LogP contribution >= 0.6 is 0 Å². The van der Waals surface area contributed by atoms with Crippen LogP contribution in [0.2, 0.25) is 0 Å². The maximum absolute atomic E-state index is 11.5. The minimum absolute atomic E-state index is 0.0957. The first-order valence-electron chi connectivity index (χ1n) is 9.11. The van der Waals surface area contributed by atoms with E-state index in [1.807, 2.05) is 35.1 Å². The second kappa shape index (κ2) is 9.35. The summed E-state index contributed by atoms with van der Waals surface area (Å²) in [6.45, 7) is 1.14. The zero-order chi connectivity index (χ0) is 20.7. The molecule has 152 valence electrons. The number of nitrogens with two attached hydrogens (primary N) is 1. The lowest BCUT2D eigenvalue weighted by Crippen LogP contribution is -2.37. The van der Waals surface area contributed by atoms with E-state index in [2.05, 4.69) is 32.9 Å². The fourth-order valence-electron chi connectivity index (χ4n) is 2.80. The minimum Gasteiger partial charge on any atom is -0.356 e. The molecule has 4 N–H and O–H groups in total. The summed E-state index contributed by atoms with van der Waals surface area (Å²) in [7, 11) is -2.02. The lowest BCUT2D eigenvalue weighted by atomic mass is 10.1. The van der Waals surface area contributed by atoms with Crippen LogP contribution in [0, 0.1) is 0 Å². The van der Waals surface area contributed by atoms with Crippen molar-refractivity contribution < 1.29 is 8.42 Å². The fraction of sp³-hybridized carbons (Fsp3) is 0.200. The van der Waals surface area contributed by atoms with Crippen molar-refractivity contribution in [3.8, 4) is 5.69 Å². The van der Waals surface area contributed by atoms with Gasteiger partial charge in [-0.1, -0.05) is 24.3 Å². The average Bonchev–Trinajstić information content (AvgIpc) is 3.25. The zero-order valence-electron chi connectivity index (χ0n) is 16.1. The molecule has 0 amide bonds. The number of aliphatic imine (C=N–C) groups is 1. The van der Waals surface area contributed by atoms with Gasteiger partial charge in [0, 0.05) is 32.5 Å². The van der Waals surface area contributed by atoms with E-state index in [1.54, 1.807) is 25.4 Å². The van der Waals surface area contributed by atoms with Crippen molar-refractivity contribution in [3.63, 3.8) is 0 Å². The second-order valence-electron chi connectivity index (χ2n) is 6.41. The number of sulfonamides is 1. The first-order valence-corrected chi connectivity index (χ1v) is 10.7. The second-order valence-corrected chi connectivity index (χ2v) is 7.97.